The summed E-state index contributed by atoms with van der Waals surface area (Å²) in [7, 11) is 0. The van der Waals surface area contributed by atoms with E-state index in [1.165, 1.54) is 31.4 Å². The smallest absolute Gasteiger partial charge is 0.0419 e. The van der Waals surface area contributed by atoms with Gasteiger partial charge in [-0.15, -0.1) is 0 Å². The standard InChI is InChI=1S/C16H28N2/c1-4-10-17-16(12-14(5-2)6-3)13-15-9-7-8-11-18-15/h7-9,11,14,16-17H,4-6,10,12-13H2,1-3H3. The molecule has 2 heteroatoms. The van der Waals surface area contributed by atoms with Gasteiger partial charge in [0.15, 0.2) is 0 Å². The van der Waals surface area contributed by atoms with Crippen LogP contribution in [0.2, 0.25) is 0 Å². The van der Waals surface area contributed by atoms with Crippen molar-refractivity contribution < 1.29 is 0 Å². The molecule has 0 aliphatic heterocycles. The van der Waals surface area contributed by atoms with Crippen molar-refractivity contribution in [3.63, 3.8) is 0 Å². The molecule has 1 N–H and O–H groups in total. The van der Waals surface area contributed by atoms with Crippen LogP contribution >= 0.6 is 0 Å². The molecule has 1 aromatic heterocycles. The first-order valence-electron chi connectivity index (χ1n) is 7.43. The van der Waals surface area contributed by atoms with Gasteiger partial charge >= 0.3 is 0 Å². The fourth-order valence-electron chi connectivity index (χ4n) is 2.38. The molecular formula is C16H28N2. The Balaban J connectivity index is 2.54. The number of hydrogen-bond donors (Lipinski definition) is 1. The highest BCUT2D eigenvalue weighted by molar-refractivity contribution is 5.05. The summed E-state index contributed by atoms with van der Waals surface area (Å²) in [5.74, 6) is 0.836. The van der Waals surface area contributed by atoms with Gasteiger partial charge in [0.05, 0.1) is 0 Å². The largest absolute Gasteiger partial charge is 0.314 e. The van der Waals surface area contributed by atoms with Gasteiger partial charge in [0.2, 0.25) is 0 Å². The van der Waals surface area contributed by atoms with Crippen LogP contribution in [0.3, 0.4) is 0 Å². The summed E-state index contributed by atoms with van der Waals surface area (Å²) in [6.45, 7) is 7.93. The first-order valence-corrected chi connectivity index (χ1v) is 7.43. The van der Waals surface area contributed by atoms with Crippen LogP contribution in [0.5, 0.6) is 0 Å². The molecule has 0 aliphatic rings. The minimum atomic E-state index is 0.574. The van der Waals surface area contributed by atoms with E-state index in [2.05, 4.69) is 43.2 Å². The van der Waals surface area contributed by atoms with Crippen LogP contribution in [0.15, 0.2) is 24.4 Å². The monoisotopic (exact) mass is 248 g/mol. The predicted molar refractivity (Wildman–Crippen MR) is 78.7 cm³/mol. The number of rotatable bonds is 9. The molecule has 18 heavy (non-hydrogen) atoms. The van der Waals surface area contributed by atoms with Gasteiger partial charge in [0, 0.05) is 24.4 Å². The van der Waals surface area contributed by atoms with Gasteiger partial charge in [-0.2, -0.15) is 0 Å². The summed E-state index contributed by atoms with van der Waals surface area (Å²) in [4.78, 5) is 4.45. The van der Waals surface area contributed by atoms with Crippen molar-refractivity contribution in [3.05, 3.63) is 30.1 Å². The third kappa shape index (κ3) is 5.63. The summed E-state index contributed by atoms with van der Waals surface area (Å²) < 4.78 is 0. The third-order valence-electron chi connectivity index (χ3n) is 3.64. The van der Waals surface area contributed by atoms with Crippen molar-refractivity contribution in [2.24, 2.45) is 5.92 Å². The van der Waals surface area contributed by atoms with E-state index in [0.717, 1.165) is 18.9 Å². The average Bonchev–Trinajstić information content (AvgIpc) is 2.42. The van der Waals surface area contributed by atoms with Gasteiger partial charge in [-0.1, -0.05) is 39.7 Å². The minimum absolute atomic E-state index is 0.574. The molecular weight excluding hydrogens is 220 g/mol. The molecule has 0 bridgehead atoms. The topological polar surface area (TPSA) is 24.9 Å². The Hall–Kier alpha value is -0.890. The molecule has 0 radical (unpaired) electrons. The number of pyridine rings is 1. The number of aromatic nitrogens is 1. The Morgan fingerprint density at radius 2 is 1.94 bits per heavy atom. The molecule has 0 fully saturated rings. The van der Waals surface area contributed by atoms with E-state index < -0.39 is 0 Å². The molecule has 1 heterocycles. The molecule has 0 saturated heterocycles. The molecule has 1 atom stereocenters. The second kappa shape index (κ2) is 9.09. The highest BCUT2D eigenvalue weighted by Crippen LogP contribution is 2.17. The molecule has 0 amide bonds. The van der Waals surface area contributed by atoms with Crippen LogP contribution in [0.25, 0.3) is 0 Å². The lowest BCUT2D eigenvalue weighted by Gasteiger charge is -2.23. The molecule has 1 aromatic rings. The van der Waals surface area contributed by atoms with Crippen molar-refractivity contribution in [1.82, 2.24) is 10.3 Å². The Morgan fingerprint density at radius 3 is 2.50 bits per heavy atom. The van der Waals surface area contributed by atoms with Crippen molar-refractivity contribution in [1.29, 1.82) is 0 Å². The molecule has 0 aliphatic carbocycles. The SMILES string of the molecule is CCCNC(Cc1ccccn1)CC(CC)CC. The van der Waals surface area contributed by atoms with E-state index in [-0.39, 0.29) is 0 Å². The van der Waals surface area contributed by atoms with E-state index in [0.29, 0.717) is 6.04 Å². The lowest BCUT2D eigenvalue weighted by atomic mass is 9.92. The fraction of sp³-hybridized carbons (Fsp3) is 0.688. The maximum atomic E-state index is 4.45. The van der Waals surface area contributed by atoms with Gasteiger partial charge in [-0.3, -0.25) is 4.98 Å². The van der Waals surface area contributed by atoms with E-state index >= 15 is 0 Å². The van der Waals surface area contributed by atoms with E-state index in [1.807, 2.05) is 12.3 Å². The molecule has 0 spiro atoms. The second-order valence-corrected chi connectivity index (χ2v) is 5.09. The van der Waals surface area contributed by atoms with Gasteiger partial charge < -0.3 is 5.32 Å². The van der Waals surface area contributed by atoms with Crippen molar-refractivity contribution >= 4 is 0 Å². The maximum Gasteiger partial charge on any atom is 0.0419 e. The Morgan fingerprint density at radius 1 is 1.17 bits per heavy atom. The molecule has 102 valence electrons. The Labute approximate surface area is 112 Å². The van der Waals surface area contributed by atoms with E-state index in [4.69, 9.17) is 0 Å². The average molecular weight is 248 g/mol. The summed E-state index contributed by atoms with van der Waals surface area (Å²) in [6, 6.07) is 6.77. The molecule has 0 aromatic carbocycles. The fourth-order valence-corrected chi connectivity index (χ4v) is 2.38. The maximum absolute atomic E-state index is 4.45. The van der Waals surface area contributed by atoms with Crippen LogP contribution < -0.4 is 5.32 Å². The van der Waals surface area contributed by atoms with Crippen molar-refractivity contribution in [2.45, 2.75) is 58.9 Å². The number of hydrogen-bond acceptors (Lipinski definition) is 2. The quantitative estimate of drug-likeness (QED) is 0.718. The predicted octanol–water partition coefficient (Wildman–Crippen LogP) is 3.82. The molecule has 1 unspecified atom stereocenters. The van der Waals surface area contributed by atoms with E-state index in [1.54, 1.807) is 0 Å². The molecule has 1 rings (SSSR count). The highest BCUT2D eigenvalue weighted by Gasteiger charge is 2.14. The summed E-state index contributed by atoms with van der Waals surface area (Å²) in [6.07, 6.45) is 7.97. The van der Waals surface area contributed by atoms with Gasteiger partial charge in [0.25, 0.3) is 0 Å². The first kappa shape index (κ1) is 15.2. The van der Waals surface area contributed by atoms with Crippen molar-refractivity contribution in [3.8, 4) is 0 Å². The van der Waals surface area contributed by atoms with Crippen molar-refractivity contribution in [2.75, 3.05) is 6.54 Å². The van der Waals surface area contributed by atoms with Crippen LogP contribution in [0.1, 0.15) is 52.1 Å². The lowest BCUT2D eigenvalue weighted by molar-refractivity contribution is 0.362. The summed E-state index contributed by atoms with van der Waals surface area (Å²) in [5.41, 5.74) is 1.21. The first-order chi connectivity index (χ1) is 8.80. The number of nitrogens with one attached hydrogen (secondary N) is 1. The normalized spacial score (nSPS) is 12.9. The molecule has 0 saturated carbocycles. The van der Waals surface area contributed by atoms with Gasteiger partial charge in [-0.05, 0) is 37.4 Å². The van der Waals surface area contributed by atoms with Gasteiger partial charge in [0.1, 0.15) is 0 Å². The highest BCUT2D eigenvalue weighted by atomic mass is 14.9. The van der Waals surface area contributed by atoms with Crippen LogP contribution in [0, 0.1) is 5.92 Å². The summed E-state index contributed by atoms with van der Waals surface area (Å²) in [5, 5.41) is 3.68. The second-order valence-electron chi connectivity index (χ2n) is 5.09. The van der Waals surface area contributed by atoms with Crippen LogP contribution in [-0.2, 0) is 6.42 Å². The number of nitrogens with zero attached hydrogens (tertiary/aromatic N) is 1. The van der Waals surface area contributed by atoms with Crippen LogP contribution in [0.4, 0.5) is 0 Å². The Bertz CT molecular complexity index is 293. The van der Waals surface area contributed by atoms with E-state index in [9.17, 15) is 0 Å². The Kier molecular flexibility index (Phi) is 7.66. The van der Waals surface area contributed by atoms with Gasteiger partial charge in [-0.25, -0.2) is 0 Å². The lowest BCUT2D eigenvalue weighted by Crippen LogP contribution is -2.34. The van der Waals surface area contributed by atoms with Crippen LogP contribution in [-0.4, -0.2) is 17.6 Å². The zero-order valence-corrected chi connectivity index (χ0v) is 12.2. The third-order valence-corrected chi connectivity index (χ3v) is 3.64. The zero-order valence-electron chi connectivity index (χ0n) is 12.2. The summed E-state index contributed by atoms with van der Waals surface area (Å²) >= 11 is 0. The minimum Gasteiger partial charge on any atom is -0.314 e. The molecule has 2 nitrogen and oxygen atoms in total. The zero-order chi connectivity index (χ0) is 13.2.